The maximum Gasteiger partial charge on any atom is 0.0759 e. The molecule has 2 aromatic rings. The predicted octanol–water partition coefficient (Wildman–Crippen LogP) is 2.70. The monoisotopic (exact) mass is 246 g/mol. The highest BCUT2D eigenvalue weighted by Gasteiger charge is 2.11. The fraction of sp³-hybridized carbons (Fsp3) is 0.0769. The molecule has 0 aliphatic rings. The summed E-state index contributed by atoms with van der Waals surface area (Å²) < 4.78 is 11.4. The summed E-state index contributed by atoms with van der Waals surface area (Å²) in [6.07, 6.45) is 0. The lowest BCUT2D eigenvalue weighted by Crippen LogP contribution is -1.95. The molecule has 4 N–H and O–H groups in total. The maximum absolute atomic E-state index is 11.4. The van der Waals surface area contributed by atoms with Gasteiger partial charge in [-0.25, -0.2) is 0 Å². The lowest BCUT2D eigenvalue weighted by Gasteiger charge is -2.12. The van der Waals surface area contributed by atoms with E-state index >= 15 is 0 Å². The predicted molar refractivity (Wildman–Crippen MR) is 73.9 cm³/mol. The van der Waals surface area contributed by atoms with E-state index in [1.54, 1.807) is 0 Å². The van der Waals surface area contributed by atoms with Crippen LogP contribution < -0.4 is 11.5 Å². The van der Waals surface area contributed by atoms with Crippen LogP contribution in [0.1, 0.15) is 16.8 Å². The first kappa shape index (κ1) is 11.7. The molecule has 0 aliphatic carbocycles. The summed E-state index contributed by atoms with van der Waals surface area (Å²) in [6, 6.07) is 15.0. The molecule has 0 fully saturated rings. The van der Waals surface area contributed by atoms with Crippen molar-refractivity contribution in [1.29, 1.82) is 0 Å². The second-order valence-electron chi connectivity index (χ2n) is 3.95. The Labute approximate surface area is 102 Å². The molecular weight excluding hydrogens is 231 g/mol. The fourth-order valence-electron chi connectivity index (χ4n) is 1.76. The zero-order valence-corrected chi connectivity index (χ0v) is 10.5. The molecule has 0 saturated heterocycles. The van der Waals surface area contributed by atoms with Crippen molar-refractivity contribution >= 4 is 19.8 Å². The average molecular weight is 246 g/mol. The molecule has 4 heteroatoms. The standard InChI is InChI=1S/C13H15N2OP/c14-11-5-1-9(2-6-11)13(17-16)10-3-7-12(15)8-4-10/h1-8,13H,14-15,17H2. The van der Waals surface area contributed by atoms with Crippen molar-refractivity contribution in [2.75, 3.05) is 11.5 Å². The summed E-state index contributed by atoms with van der Waals surface area (Å²) in [5.41, 5.74) is 14.7. The van der Waals surface area contributed by atoms with Gasteiger partial charge >= 0.3 is 0 Å². The minimum absolute atomic E-state index is 0.0591. The van der Waals surface area contributed by atoms with Crippen molar-refractivity contribution in [1.82, 2.24) is 0 Å². The van der Waals surface area contributed by atoms with E-state index in [1.807, 2.05) is 48.5 Å². The highest BCUT2D eigenvalue weighted by Crippen LogP contribution is 2.34. The highest BCUT2D eigenvalue weighted by molar-refractivity contribution is 7.24. The SMILES string of the molecule is Nc1ccc(C([PH2]=O)c2ccc(N)cc2)cc1. The summed E-state index contributed by atoms with van der Waals surface area (Å²) in [5, 5.41) is 0. The van der Waals surface area contributed by atoms with Crippen molar-refractivity contribution < 1.29 is 4.57 Å². The van der Waals surface area contributed by atoms with Gasteiger partial charge in [-0.2, -0.15) is 0 Å². The van der Waals surface area contributed by atoms with Crippen molar-refractivity contribution in [2.24, 2.45) is 0 Å². The smallest absolute Gasteiger partial charge is 0.0759 e. The number of rotatable bonds is 3. The number of benzene rings is 2. The molecule has 2 aromatic carbocycles. The van der Waals surface area contributed by atoms with E-state index in [1.165, 1.54) is 0 Å². The summed E-state index contributed by atoms with van der Waals surface area (Å²) in [7, 11) is -0.930. The van der Waals surface area contributed by atoms with Gasteiger partial charge in [0.1, 0.15) is 0 Å². The molecule has 0 bridgehead atoms. The molecule has 0 radical (unpaired) electrons. The van der Waals surface area contributed by atoms with E-state index in [0.29, 0.717) is 11.4 Å². The third-order valence-corrected chi connectivity index (χ3v) is 3.77. The molecule has 88 valence electrons. The quantitative estimate of drug-likeness (QED) is 0.646. The summed E-state index contributed by atoms with van der Waals surface area (Å²) in [4.78, 5) is 0. The van der Waals surface area contributed by atoms with Gasteiger partial charge in [0.25, 0.3) is 0 Å². The van der Waals surface area contributed by atoms with Crippen LogP contribution in [0.4, 0.5) is 11.4 Å². The van der Waals surface area contributed by atoms with Crippen LogP contribution in [-0.2, 0) is 4.57 Å². The Morgan fingerprint density at radius 3 is 1.41 bits per heavy atom. The Balaban J connectivity index is 2.36. The zero-order chi connectivity index (χ0) is 12.3. The van der Waals surface area contributed by atoms with E-state index in [9.17, 15) is 4.57 Å². The number of hydrogen-bond acceptors (Lipinski definition) is 3. The van der Waals surface area contributed by atoms with Crippen molar-refractivity contribution in [3.05, 3.63) is 59.7 Å². The Bertz CT molecular complexity index is 462. The Hall–Kier alpha value is -1.73. The van der Waals surface area contributed by atoms with Crippen molar-refractivity contribution in [2.45, 2.75) is 5.66 Å². The van der Waals surface area contributed by atoms with Gasteiger partial charge < -0.3 is 16.0 Å². The van der Waals surface area contributed by atoms with Gasteiger partial charge in [0, 0.05) is 11.4 Å². The Morgan fingerprint density at radius 2 is 1.12 bits per heavy atom. The van der Waals surface area contributed by atoms with Gasteiger partial charge in [0.2, 0.25) is 0 Å². The van der Waals surface area contributed by atoms with Crippen LogP contribution in [0.3, 0.4) is 0 Å². The van der Waals surface area contributed by atoms with E-state index < -0.39 is 8.46 Å². The molecule has 0 saturated carbocycles. The van der Waals surface area contributed by atoms with Crippen LogP contribution in [0.5, 0.6) is 0 Å². The maximum atomic E-state index is 11.4. The van der Waals surface area contributed by atoms with E-state index in [2.05, 4.69) is 0 Å². The number of nitrogen functional groups attached to an aromatic ring is 2. The van der Waals surface area contributed by atoms with Crippen molar-refractivity contribution in [3.8, 4) is 0 Å². The zero-order valence-electron chi connectivity index (χ0n) is 9.34. The lowest BCUT2D eigenvalue weighted by atomic mass is 10.0. The van der Waals surface area contributed by atoms with E-state index in [4.69, 9.17) is 11.5 Å². The molecule has 0 aliphatic heterocycles. The van der Waals surface area contributed by atoms with Crippen LogP contribution in [0.2, 0.25) is 0 Å². The van der Waals surface area contributed by atoms with Gasteiger partial charge in [-0.15, -0.1) is 0 Å². The van der Waals surface area contributed by atoms with Crippen LogP contribution in [0.15, 0.2) is 48.5 Å². The first-order valence-corrected chi connectivity index (χ1v) is 6.50. The second-order valence-corrected chi connectivity index (χ2v) is 4.89. The number of anilines is 2. The largest absolute Gasteiger partial charge is 0.399 e. The van der Waals surface area contributed by atoms with Crippen LogP contribution in [0.25, 0.3) is 0 Å². The molecule has 3 nitrogen and oxygen atoms in total. The first-order valence-electron chi connectivity index (χ1n) is 5.37. The van der Waals surface area contributed by atoms with E-state index in [-0.39, 0.29) is 5.66 Å². The molecular formula is C13H15N2OP. The minimum Gasteiger partial charge on any atom is -0.399 e. The average Bonchev–Trinajstić information content (AvgIpc) is 2.35. The van der Waals surface area contributed by atoms with Crippen LogP contribution in [-0.4, -0.2) is 0 Å². The first-order chi connectivity index (χ1) is 8.20. The third kappa shape index (κ3) is 2.69. The van der Waals surface area contributed by atoms with Crippen LogP contribution >= 0.6 is 8.46 Å². The number of hydrogen-bond donors (Lipinski definition) is 2. The van der Waals surface area contributed by atoms with Crippen LogP contribution in [0, 0.1) is 0 Å². The van der Waals surface area contributed by atoms with Gasteiger partial charge in [0.15, 0.2) is 0 Å². The Kier molecular flexibility index (Phi) is 3.50. The summed E-state index contributed by atoms with van der Waals surface area (Å²) >= 11 is 0. The normalized spacial score (nSPS) is 11.4. The molecule has 2 rings (SSSR count). The number of nitrogens with two attached hydrogens (primary N) is 2. The Morgan fingerprint density at radius 1 is 0.765 bits per heavy atom. The van der Waals surface area contributed by atoms with E-state index in [0.717, 1.165) is 11.1 Å². The van der Waals surface area contributed by atoms with Gasteiger partial charge in [0.05, 0.1) is 14.1 Å². The third-order valence-electron chi connectivity index (χ3n) is 2.73. The molecule has 0 aromatic heterocycles. The lowest BCUT2D eigenvalue weighted by molar-refractivity contribution is 0.595. The molecule has 0 amide bonds. The van der Waals surface area contributed by atoms with Crippen molar-refractivity contribution in [3.63, 3.8) is 0 Å². The minimum atomic E-state index is -0.930. The molecule has 0 spiro atoms. The molecule has 17 heavy (non-hydrogen) atoms. The van der Waals surface area contributed by atoms with Gasteiger partial charge in [-0.1, -0.05) is 24.3 Å². The topological polar surface area (TPSA) is 69.1 Å². The molecule has 1 unspecified atom stereocenters. The van der Waals surface area contributed by atoms with Gasteiger partial charge in [-0.05, 0) is 35.4 Å². The van der Waals surface area contributed by atoms with Gasteiger partial charge in [-0.3, -0.25) is 0 Å². The summed E-state index contributed by atoms with van der Waals surface area (Å²) in [5.74, 6) is 0. The summed E-state index contributed by atoms with van der Waals surface area (Å²) in [6.45, 7) is 0. The molecule has 1 atom stereocenters. The molecule has 0 heterocycles. The second kappa shape index (κ2) is 5.07. The highest BCUT2D eigenvalue weighted by atomic mass is 31.1. The fourth-order valence-corrected chi connectivity index (χ4v) is 2.51.